The van der Waals surface area contributed by atoms with E-state index in [0.29, 0.717) is 11.1 Å². The largest absolute Gasteiger partial charge is 0.271 e. The molecular weight excluding hydrogens is 274 g/mol. The molecule has 0 aliphatic heterocycles. The lowest BCUT2D eigenvalue weighted by molar-refractivity contribution is 0.0634. The van der Waals surface area contributed by atoms with E-state index in [2.05, 4.69) is 6.58 Å². The van der Waals surface area contributed by atoms with Gasteiger partial charge in [0.25, 0.3) is 11.8 Å². The lowest BCUT2D eigenvalue weighted by Gasteiger charge is -2.20. The van der Waals surface area contributed by atoms with Gasteiger partial charge in [0, 0.05) is 17.7 Å². The van der Waals surface area contributed by atoms with Crippen LogP contribution in [0.4, 0.5) is 0 Å². The van der Waals surface area contributed by atoms with Crippen molar-refractivity contribution in [1.82, 2.24) is 4.90 Å². The van der Waals surface area contributed by atoms with E-state index in [4.69, 9.17) is 0 Å². The first-order valence-electron chi connectivity index (χ1n) is 7.13. The summed E-state index contributed by atoms with van der Waals surface area (Å²) in [7, 11) is 0. The number of amides is 2. The van der Waals surface area contributed by atoms with Gasteiger partial charge in [-0.25, -0.2) is 0 Å². The topological polar surface area (TPSA) is 37.4 Å². The Balaban J connectivity index is 2.35. The van der Waals surface area contributed by atoms with E-state index in [1.54, 1.807) is 30.3 Å². The fraction of sp³-hybridized carbons (Fsp3) is 0.158. The predicted octanol–water partition coefficient (Wildman–Crippen LogP) is 3.77. The normalized spacial score (nSPS) is 10.1. The van der Waals surface area contributed by atoms with Crippen LogP contribution in [0.25, 0.3) is 0 Å². The molecular formula is C19H19NO2. The molecule has 3 nitrogen and oxygen atoms in total. The predicted molar refractivity (Wildman–Crippen MR) is 87.9 cm³/mol. The molecule has 2 amide bonds. The Labute approximate surface area is 130 Å². The van der Waals surface area contributed by atoms with Gasteiger partial charge < -0.3 is 0 Å². The SMILES string of the molecule is C=CCN(C(=O)c1cccc(C)c1)C(=O)c1cccc(C)c1. The van der Waals surface area contributed by atoms with Crippen molar-refractivity contribution in [1.29, 1.82) is 0 Å². The maximum atomic E-state index is 12.6. The Morgan fingerprint density at radius 1 is 0.955 bits per heavy atom. The molecule has 3 heteroatoms. The van der Waals surface area contributed by atoms with Crippen molar-refractivity contribution in [2.75, 3.05) is 6.54 Å². The Kier molecular flexibility index (Phi) is 4.89. The van der Waals surface area contributed by atoms with Crippen molar-refractivity contribution in [3.05, 3.63) is 83.4 Å². The van der Waals surface area contributed by atoms with Gasteiger partial charge in [-0.3, -0.25) is 14.5 Å². The summed E-state index contributed by atoms with van der Waals surface area (Å²) in [5.41, 5.74) is 2.96. The minimum atomic E-state index is -0.310. The van der Waals surface area contributed by atoms with Gasteiger partial charge in [-0.15, -0.1) is 6.58 Å². The molecule has 0 N–H and O–H groups in total. The highest BCUT2D eigenvalue weighted by molar-refractivity contribution is 6.10. The number of hydrogen-bond donors (Lipinski definition) is 0. The van der Waals surface area contributed by atoms with Crippen LogP contribution in [0.1, 0.15) is 31.8 Å². The van der Waals surface area contributed by atoms with Crippen LogP contribution in [-0.4, -0.2) is 23.3 Å². The van der Waals surface area contributed by atoms with Gasteiger partial charge in [0.1, 0.15) is 0 Å². The maximum Gasteiger partial charge on any atom is 0.261 e. The Hall–Kier alpha value is -2.68. The minimum Gasteiger partial charge on any atom is -0.271 e. The monoisotopic (exact) mass is 293 g/mol. The van der Waals surface area contributed by atoms with Gasteiger partial charge in [0.2, 0.25) is 0 Å². The van der Waals surface area contributed by atoms with E-state index >= 15 is 0 Å². The molecule has 0 bridgehead atoms. The molecule has 0 saturated carbocycles. The average Bonchev–Trinajstić information content (AvgIpc) is 2.51. The summed E-state index contributed by atoms with van der Waals surface area (Å²) >= 11 is 0. The summed E-state index contributed by atoms with van der Waals surface area (Å²) in [4.78, 5) is 26.5. The third-order valence-electron chi connectivity index (χ3n) is 3.33. The third-order valence-corrected chi connectivity index (χ3v) is 3.33. The van der Waals surface area contributed by atoms with E-state index in [0.717, 1.165) is 11.1 Å². The van der Waals surface area contributed by atoms with Gasteiger partial charge >= 0.3 is 0 Å². The van der Waals surface area contributed by atoms with Crippen molar-refractivity contribution in [2.45, 2.75) is 13.8 Å². The van der Waals surface area contributed by atoms with E-state index in [1.807, 2.05) is 38.1 Å². The van der Waals surface area contributed by atoms with Crippen LogP contribution in [0.3, 0.4) is 0 Å². The highest BCUT2D eigenvalue weighted by Gasteiger charge is 2.23. The molecule has 0 aromatic heterocycles. The molecule has 112 valence electrons. The lowest BCUT2D eigenvalue weighted by Crippen LogP contribution is -2.37. The number of carbonyl (C=O) groups excluding carboxylic acids is 2. The van der Waals surface area contributed by atoms with Crippen LogP contribution >= 0.6 is 0 Å². The molecule has 0 aliphatic rings. The van der Waals surface area contributed by atoms with Crippen LogP contribution in [0, 0.1) is 13.8 Å². The van der Waals surface area contributed by atoms with Crippen molar-refractivity contribution >= 4 is 11.8 Å². The molecule has 0 fully saturated rings. The van der Waals surface area contributed by atoms with Gasteiger partial charge in [-0.05, 0) is 38.1 Å². The van der Waals surface area contributed by atoms with Crippen LogP contribution in [-0.2, 0) is 0 Å². The summed E-state index contributed by atoms with van der Waals surface area (Å²) in [6.07, 6.45) is 1.56. The smallest absolute Gasteiger partial charge is 0.261 e. The zero-order valence-electron chi connectivity index (χ0n) is 12.9. The zero-order chi connectivity index (χ0) is 16.1. The van der Waals surface area contributed by atoms with E-state index in [9.17, 15) is 9.59 Å². The van der Waals surface area contributed by atoms with Crippen LogP contribution in [0.2, 0.25) is 0 Å². The fourth-order valence-corrected chi connectivity index (χ4v) is 2.26. The number of nitrogens with zero attached hydrogens (tertiary/aromatic N) is 1. The van der Waals surface area contributed by atoms with Gasteiger partial charge in [-0.1, -0.05) is 41.5 Å². The molecule has 0 atom stereocenters. The second-order valence-corrected chi connectivity index (χ2v) is 5.25. The first kappa shape index (κ1) is 15.7. The zero-order valence-corrected chi connectivity index (χ0v) is 12.9. The van der Waals surface area contributed by atoms with E-state index in [1.165, 1.54) is 4.90 Å². The maximum absolute atomic E-state index is 12.6. The van der Waals surface area contributed by atoms with E-state index < -0.39 is 0 Å². The number of imide groups is 1. The quantitative estimate of drug-likeness (QED) is 0.635. The summed E-state index contributed by atoms with van der Waals surface area (Å²) in [6.45, 7) is 7.65. The molecule has 2 aromatic rings. The van der Waals surface area contributed by atoms with Gasteiger partial charge in [0.15, 0.2) is 0 Å². The van der Waals surface area contributed by atoms with Crippen LogP contribution < -0.4 is 0 Å². The Morgan fingerprint density at radius 2 is 1.41 bits per heavy atom. The lowest BCUT2D eigenvalue weighted by atomic mass is 10.1. The second kappa shape index (κ2) is 6.85. The average molecular weight is 293 g/mol. The summed E-state index contributed by atoms with van der Waals surface area (Å²) in [5.74, 6) is -0.620. The first-order chi connectivity index (χ1) is 10.5. The highest BCUT2D eigenvalue weighted by atomic mass is 16.2. The number of carbonyl (C=O) groups is 2. The molecule has 0 radical (unpaired) electrons. The van der Waals surface area contributed by atoms with Crippen molar-refractivity contribution in [2.24, 2.45) is 0 Å². The minimum absolute atomic E-state index is 0.180. The van der Waals surface area contributed by atoms with Gasteiger partial charge in [-0.2, -0.15) is 0 Å². The molecule has 0 heterocycles. The molecule has 0 spiro atoms. The number of benzene rings is 2. The van der Waals surface area contributed by atoms with Crippen molar-refractivity contribution in [3.63, 3.8) is 0 Å². The summed E-state index contributed by atoms with van der Waals surface area (Å²) in [5, 5.41) is 0. The number of rotatable bonds is 4. The van der Waals surface area contributed by atoms with Crippen molar-refractivity contribution in [3.8, 4) is 0 Å². The molecule has 0 saturated heterocycles. The standard InChI is InChI=1S/C19H19NO2/c1-4-11-20(18(21)16-9-5-7-14(2)12-16)19(22)17-10-6-8-15(3)13-17/h4-10,12-13H,1,11H2,2-3H3. The summed E-state index contributed by atoms with van der Waals surface area (Å²) < 4.78 is 0. The Bertz CT molecular complexity index is 661. The van der Waals surface area contributed by atoms with Crippen molar-refractivity contribution < 1.29 is 9.59 Å². The molecule has 22 heavy (non-hydrogen) atoms. The van der Waals surface area contributed by atoms with Gasteiger partial charge in [0.05, 0.1) is 0 Å². The molecule has 2 aromatic carbocycles. The second-order valence-electron chi connectivity index (χ2n) is 5.25. The number of hydrogen-bond acceptors (Lipinski definition) is 2. The fourth-order valence-electron chi connectivity index (χ4n) is 2.26. The Morgan fingerprint density at radius 3 is 1.77 bits per heavy atom. The van der Waals surface area contributed by atoms with Crippen LogP contribution in [0.5, 0.6) is 0 Å². The first-order valence-corrected chi connectivity index (χ1v) is 7.13. The van der Waals surface area contributed by atoms with E-state index in [-0.39, 0.29) is 18.4 Å². The molecule has 0 unspecified atom stereocenters. The third kappa shape index (κ3) is 3.50. The molecule has 0 aliphatic carbocycles. The highest BCUT2D eigenvalue weighted by Crippen LogP contribution is 2.13. The van der Waals surface area contributed by atoms with Crippen LogP contribution in [0.15, 0.2) is 61.2 Å². The summed E-state index contributed by atoms with van der Waals surface area (Å²) in [6, 6.07) is 14.4. The number of aryl methyl sites for hydroxylation is 2. The molecule has 2 rings (SSSR count).